The standard InChI is InChI=1S/C17H22N2O5/c1-3-23-17(22)9-10-18(2)15(20)8-11-19-13-6-4-5-7-14(13)24-12-16(19)21/h4-7H,3,8-12H2,1-2H3. The maximum Gasteiger partial charge on any atom is 0.307 e. The molecule has 0 aliphatic carbocycles. The molecule has 7 heteroatoms. The number of ether oxygens (including phenoxy) is 2. The second-order valence-electron chi connectivity index (χ2n) is 5.42. The molecule has 0 saturated carbocycles. The van der Waals surface area contributed by atoms with Crippen LogP contribution in [0, 0.1) is 0 Å². The van der Waals surface area contributed by atoms with Crippen LogP contribution < -0.4 is 9.64 Å². The summed E-state index contributed by atoms with van der Waals surface area (Å²) in [7, 11) is 1.64. The van der Waals surface area contributed by atoms with Crippen molar-refractivity contribution in [2.75, 3.05) is 38.3 Å². The van der Waals surface area contributed by atoms with Gasteiger partial charge in [0.05, 0.1) is 18.7 Å². The number of amides is 2. The number of anilines is 1. The number of nitrogens with zero attached hydrogens (tertiary/aromatic N) is 2. The predicted molar refractivity (Wildman–Crippen MR) is 87.8 cm³/mol. The molecule has 24 heavy (non-hydrogen) atoms. The Labute approximate surface area is 141 Å². The highest BCUT2D eigenvalue weighted by Crippen LogP contribution is 2.31. The normalized spacial score (nSPS) is 13.1. The fourth-order valence-corrected chi connectivity index (χ4v) is 2.41. The van der Waals surface area contributed by atoms with Gasteiger partial charge in [-0.15, -0.1) is 0 Å². The van der Waals surface area contributed by atoms with E-state index >= 15 is 0 Å². The molecule has 0 N–H and O–H groups in total. The van der Waals surface area contributed by atoms with Gasteiger partial charge in [-0.3, -0.25) is 14.4 Å². The number of hydrogen-bond donors (Lipinski definition) is 0. The largest absolute Gasteiger partial charge is 0.482 e. The van der Waals surface area contributed by atoms with Gasteiger partial charge in [0.1, 0.15) is 5.75 Å². The minimum absolute atomic E-state index is 0.0239. The molecule has 130 valence electrons. The van der Waals surface area contributed by atoms with Crippen LogP contribution in [0.3, 0.4) is 0 Å². The lowest BCUT2D eigenvalue weighted by atomic mass is 10.2. The molecule has 0 radical (unpaired) electrons. The van der Waals surface area contributed by atoms with Gasteiger partial charge in [0.25, 0.3) is 5.91 Å². The van der Waals surface area contributed by atoms with Gasteiger partial charge in [0, 0.05) is 26.6 Å². The molecule has 1 heterocycles. The first kappa shape index (κ1) is 17.8. The minimum Gasteiger partial charge on any atom is -0.482 e. The van der Waals surface area contributed by atoms with Gasteiger partial charge in [-0.2, -0.15) is 0 Å². The lowest BCUT2D eigenvalue weighted by Crippen LogP contribution is -2.41. The number of rotatable bonds is 7. The third-order valence-electron chi connectivity index (χ3n) is 3.74. The predicted octanol–water partition coefficient (Wildman–Crippen LogP) is 1.21. The number of fused-ring (bicyclic) bond motifs is 1. The summed E-state index contributed by atoms with van der Waals surface area (Å²) < 4.78 is 10.2. The van der Waals surface area contributed by atoms with E-state index in [-0.39, 0.29) is 43.8 Å². The summed E-state index contributed by atoms with van der Waals surface area (Å²) in [6, 6.07) is 7.24. The van der Waals surface area contributed by atoms with Crippen LogP contribution in [0.1, 0.15) is 19.8 Å². The van der Waals surface area contributed by atoms with Crippen molar-refractivity contribution in [2.45, 2.75) is 19.8 Å². The number of benzene rings is 1. The highest BCUT2D eigenvalue weighted by atomic mass is 16.5. The first-order valence-corrected chi connectivity index (χ1v) is 7.94. The van der Waals surface area contributed by atoms with E-state index in [1.807, 2.05) is 12.1 Å². The van der Waals surface area contributed by atoms with Crippen molar-refractivity contribution in [1.82, 2.24) is 4.90 Å². The summed E-state index contributed by atoms with van der Waals surface area (Å²) >= 11 is 0. The zero-order valence-electron chi connectivity index (χ0n) is 14.0. The molecule has 0 bridgehead atoms. The van der Waals surface area contributed by atoms with Crippen molar-refractivity contribution in [1.29, 1.82) is 0 Å². The van der Waals surface area contributed by atoms with Gasteiger partial charge in [-0.05, 0) is 19.1 Å². The SMILES string of the molecule is CCOC(=O)CCN(C)C(=O)CCN1C(=O)COc2ccccc21. The molecule has 1 aliphatic rings. The average Bonchev–Trinajstić information content (AvgIpc) is 2.58. The topological polar surface area (TPSA) is 76.2 Å². The van der Waals surface area contributed by atoms with Crippen molar-refractivity contribution in [2.24, 2.45) is 0 Å². The van der Waals surface area contributed by atoms with Gasteiger partial charge >= 0.3 is 5.97 Å². The molecule has 0 aromatic heterocycles. The molecule has 0 atom stereocenters. The third kappa shape index (κ3) is 4.47. The first-order chi connectivity index (χ1) is 11.5. The average molecular weight is 334 g/mol. The molecule has 1 aromatic carbocycles. The molecule has 1 aromatic rings. The van der Waals surface area contributed by atoms with E-state index in [1.165, 1.54) is 4.90 Å². The number of hydrogen-bond acceptors (Lipinski definition) is 5. The summed E-state index contributed by atoms with van der Waals surface area (Å²) in [5.74, 6) is 0.0152. The molecular weight excluding hydrogens is 312 g/mol. The second-order valence-corrected chi connectivity index (χ2v) is 5.42. The zero-order valence-corrected chi connectivity index (χ0v) is 14.0. The lowest BCUT2D eigenvalue weighted by Gasteiger charge is -2.29. The fourth-order valence-electron chi connectivity index (χ4n) is 2.41. The molecule has 0 spiro atoms. The Morgan fingerprint density at radius 3 is 2.79 bits per heavy atom. The Bertz CT molecular complexity index is 617. The second kappa shape index (κ2) is 8.33. The summed E-state index contributed by atoms with van der Waals surface area (Å²) in [6.07, 6.45) is 0.342. The van der Waals surface area contributed by atoms with E-state index in [2.05, 4.69) is 0 Å². The van der Waals surface area contributed by atoms with Crippen molar-refractivity contribution >= 4 is 23.5 Å². The minimum atomic E-state index is -0.325. The molecule has 0 saturated heterocycles. The summed E-state index contributed by atoms with van der Waals surface area (Å²) in [4.78, 5) is 38.6. The fraction of sp³-hybridized carbons (Fsp3) is 0.471. The monoisotopic (exact) mass is 334 g/mol. The Morgan fingerprint density at radius 1 is 1.29 bits per heavy atom. The number of para-hydroxylation sites is 2. The van der Waals surface area contributed by atoms with E-state index in [1.54, 1.807) is 31.0 Å². The lowest BCUT2D eigenvalue weighted by molar-refractivity contribution is -0.143. The quantitative estimate of drug-likeness (QED) is 0.701. The molecule has 2 rings (SSSR count). The molecule has 0 unspecified atom stereocenters. The Hall–Kier alpha value is -2.57. The van der Waals surface area contributed by atoms with Crippen LogP contribution in [0.5, 0.6) is 5.75 Å². The van der Waals surface area contributed by atoms with Gasteiger partial charge in [-0.1, -0.05) is 12.1 Å². The first-order valence-electron chi connectivity index (χ1n) is 7.94. The van der Waals surface area contributed by atoms with E-state index in [0.717, 1.165) is 0 Å². The molecule has 1 aliphatic heterocycles. The van der Waals surface area contributed by atoms with Gasteiger partial charge < -0.3 is 19.3 Å². The van der Waals surface area contributed by atoms with E-state index in [4.69, 9.17) is 9.47 Å². The highest BCUT2D eigenvalue weighted by Gasteiger charge is 2.25. The van der Waals surface area contributed by atoms with Crippen LogP contribution in [-0.4, -0.2) is 56.0 Å². The Balaban J connectivity index is 1.87. The Morgan fingerprint density at radius 2 is 2.04 bits per heavy atom. The van der Waals surface area contributed by atoms with E-state index in [0.29, 0.717) is 24.6 Å². The van der Waals surface area contributed by atoms with Crippen LogP contribution in [0.4, 0.5) is 5.69 Å². The maximum atomic E-state index is 12.2. The summed E-state index contributed by atoms with van der Waals surface area (Å²) in [5, 5.41) is 0. The molecular formula is C17H22N2O5. The van der Waals surface area contributed by atoms with Crippen LogP contribution in [0.15, 0.2) is 24.3 Å². The summed E-state index contributed by atoms with van der Waals surface area (Å²) in [6.45, 7) is 2.62. The highest BCUT2D eigenvalue weighted by molar-refractivity contribution is 5.98. The number of esters is 1. The van der Waals surface area contributed by atoms with Gasteiger partial charge in [0.2, 0.25) is 5.91 Å². The summed E-state index contributed by atoms with van der Waals surface area (Å²) in [5.41, 5.74) is 0.677. The van der Waals surface area contributed by atoms with E-state index < -0.39 is 0 Å². The van der Waals surface area contributed by atoms with Crippen LogP contribution >= 0.6 is 0 Å². The maximum absolute atomic E-state index is 12.2. The molecule has 2 amide bonds. The number of carbonyl (C=O) groups excluding carboxylic acids is 3. The molecule has 7 nitrogen and oxygen atoms in total. The van der Waals surface area contributed by atoms with Crippen molar-refractivity contribution in [3.05, 3.63) is 24.3 Å². The van der Waals surface area contributed by atoms with Gasteiger partial charge in [-0.25, -0.2) is 0 Å². The third-order valence-corrected chi connectivity index (χ3v) is 3.74. The Kier molecular flexibility index (Phi) is 6.17. The smallest absolute Gasteiger partial charge is 0.307 e. The van der Waals surface area contributed by atoms with Gasteiger partial charge in [0.15, 0.2) is 6.61 Å². The van der Waals surface area contributed by atoms with Crippen LogP contribution in [-0.2, 0) is 19.1 Å². The zero-order chi connectivity index (χ0) is 17.5. The molecule has 0 fully saturated rings. The van der Waals surface area contributed by atoms with Crippen molar-refractivity contribution < 1.29 is 23.9 Å². The van der Waals surface area contributed by atoms with Crippen LogP contribution in [0.2, 0.25) is 0 Å². The number of carbonyl (C=O) groups is 3. The van der Waals surface area contributed by atoms with Crippen LogP contribution in [0.25, 0.3) is 0 Å². The van der Waals surface area contributed by atoms with E-state index in [9.17, 15) is 14.4 Å². The van der Waals surface area contributed by atoms with Crippen molar-refractivity contribution in [3.63, 3.8) is 0 Å². The van der Waals surface area contributed by atoms with Crippen molar-refractivity contribution in [3.8, 4) is 5.75 Å².